The van der Waals surface area contributed by atoms with Crippen molar-refractivity contribution in [2.75, 3.05) is 33.4 Å². The van der Waals surface area contributed by atoms with Gasteiger partial charge in [-0.3, -0.25) is 9.59 Å². The van der Waals surface area contributed by atoms with Gasteiger partial charge in [-0.2, -0.15) is 0 Å². The average Bonchev–Trinajstić information content (AvgIpc) is 3.39. The number of nitrogens with zero attached hydrogens (tertiary/aromatic N) is 2. The zero-order valence-electron chi connectivity index (χ0n) is 21.4. The van der Waals surface area contributed by atoms with E-state index in [-0.39, 0.29) is 24.4 Å². The fourth-order valence-corrected chi connectivity index (χ4v) is 5.45. The van der Waals surface area contributed by atoms with Gasteiger partial charge in [0.15, 0.2) is 0 Å². The normalized spacial score (nSPS) is 14.9. The largest absolute Gasteiger partial charge is 0.497 e. The summed E-state index contributed by atoms with van der Waals surface area (Å²) in [5, 5.41) is 2.08. The van der Waals surface area contributed by atoms with E-state index in [0.29, 0.717) is 36.9 Å². The minimum atomic E-state index is -0.192. The van der Waals surface area contributed by atoms with Crippen LogP contribution in [0.25, 0.3) is 0 Å². The lowest BCUT2D eigenvalue weighted by molar-refractivity contribution is -0.135. The molecule has 0 spiro atoms. The van der Waals surface area contributed by atoms with Crippen LogP contribution in [0.5, 0.6) is 11.5 Å². The first-order valence-corrected chi connectivity index (χ1v) is 13.3. The minimum Gasteiger partial charge on any atom is -0.497 e. The van der Waals surface area contributed by atoms with Crippen molar-refractivity contribution in [2.24, 2.45) is 0 Å². The van der Waals surface area contributed by atoms with Crippen molar-refractivity contribution in [1.82, 2.24) is 9.80 Å². The first-order chi connectivity index (χ1) is 17.4. The van der Waals surface area contributed by atoms with E-state index in [4.69, 9.17) is 9.47 Å². The number of methoxy groups -OCH3 is 1. The number of likely N-dealkylation sites (N-methyl/N-ethyl adjacent to an activating group) is 1. The zero-order chi connectivity index (χ0) is 25.7. The molecule has 0 saturated carbocycles. The van der Waals surface area contributed by atoms with Gasteiger partial charge in [0.05, 0.1) is 13.2 Å². The molecule has 190 valence electrons. The number of rotatable bonds is 9. The second kappa shape index (κ2) is 11.6. The number of hydrogen-bond donors (Lipinski definition) is 0. The molecule has 2 aromatic carbocycles. The van der Waals surface area contributed by atoms with E-state index in [1.807, 2.05) is 24.0 Å². The summed E-state index contributed by atoms with van der Waals surface area (Å²) in [5.74, 6) is 1.60. The van der Waals surface area contributed by atoms with Crippen molar-refractivity contribution in [1.29, 1.82) is 0 Å². The van der Waals surface area contributed by atoms with Gasteiger partial charge in [-0.15, -0.1) is 11.3 Å². The van der Waals surface area contributed by atoms with Crippen molar-refractivity contribution in [3.63, 3.8) is 0 Å². The summed E-state index contributed by atoms with van der Waals surface area (Å²) in [6.07, 6.45) is 0.814. The quantitative estimate of drug-likeness (QED) is 0.382. The highest BCUT2D eigenvalue weighted by Gasteiger charge is 2.33. The SMILES string of the molecule is CCN(CC(=O)N1CCc2sccc2[C@@H]1COc1ccc(C(C)C)cc1)C(=O)c1cccc(OC)c1. The molecule has 6 nitrogen and oxygen atoms in total. The molecule has 2 amide bonds. The summed E-state index contributed by atoms with van der Waals surface area (Å²) in [7, 11) is 1.57. The molecule has 1 atom stereocenters. The standard InChI is InChI=1S/C29H34N2O4S/c1-5-30(29(33)22-7-6-8-24(17-22)34-4)18-28(32)31-15-13-27-25(14-16-36-27)26(31)19-35-23-11-9-21(10-12-23)20(2)3/h6-12,14,16-17,20,26H,5,13,15,18-19H2,1-4H3/t26-/m0/s1. The molecule has 1 aliphatic rings. The predicted molar refractivity (Wildman–Crippen MR) is 143 cm³/mol. The lowest BCUT2D eigenvalue weighted by Crippen LogP contribution is -2.47. The highest BCUT2D eigenvalue weighted by Crippen LogP contribution is 2.34. The van der Waals surface area contributed by atoms with Crippen LogP contribution in [0.1, 0.15) is 59.1 Å². The molecule has 1 aromatic heterocycles. The van der Waals surface area contributed by atoms with Crippen molar-refractivity contribution < 1.29 is 19.1 Å². The number of amides is 2. The van der Waals surface area contributed by atoms with Crippen LogP contribution >= 0.6 is 11.3 Å². The maximum atomic E-state index is 13.6. The molecule has 7 heteroatoms. The smallest absolute Gasteiger partial charge is 0.254 e. The summed E-state index contributed by atoms with van der Waals surface area (Å²) in [5.41, 5.74) is 2.91. The number of ether oxygens (including phenoxy) is 2. The Labute approximate surface area is 217 Å². The molecule has 0 radical (unpaired) electrons. The summed E-state index contributed by atoms with van der Waals surface area (Å²) >= 11 is 1.72. The minimum absolute atomic E-state index is 0.0194. The molecule has 0 saturated heterocycles. The number of benzene rings is 2. The Morgan fingerprint density at radius 1 is 1.11 bits per heavy atom. The molecule has 0 fully saturated rings. The summed E-state index contributed by atoms with van der Waals surface area (Å²) < 4.78 is 11.4. The van der Waals surface area contributed by atoms with Gasteiger partial charge in [-0.25, -0.2) is 0 Å². The van der Waals surface area contributed by atoms with E-state index in [1.54, 1.807) is 47.6 Å². The Hall–Kier alpha value is -3.32. The monoisotopic (exact) mass is 506 g/mol. The molecule has 36 heavy (non-hydrogen) atoms. The first-order valence-electron chi connectivity index (χ1n) is 12.4. The molecule has 1 aliphatic heterocycles. The summed E-state index contributed by atoms with van der Waals surface area (Å²) in [4.78, 5) is 31.5. The molecule has 0 aliphatic carbocycles. The van der Waals surface area contributed by atoms with E-state index in [2.05, 4.69) is 37.4 Å². The molecular formula is C29H34N2O4S. The van der Waals surface area contributed by atoms with E-state index in [9.17, 15) is 9.59 Å². The summed E-state index contributed by atoms with van der Waals surface area (Å²) in [6, 6.07) is 17.1. The summed E-state index contributed by atoms with van der Waals surface area (Å²) in [6.45, 7) is 7.65. The maximum Gasteiger partial charge on any atom is 0.254 e. The van der Waals surface area contributed by atoms with Crippen LogP contribution < -0.4 is 9.47 Å². The van der Waals surface area contributed by atoms with Crippen LogP contribution in [0.2, 0.25) is 0 Å². The van der Waals surface area contributed by atoms with Crippen molar-refractivity contribution in [3.8, 4) is 11.5 Å². The zero-order valence-corrected chi connectivity index (χ0v) is 22.2. The van der Waals surface area contributed by atoms with E-state index in [1.165, 1.54) is 10.4 Å². The van der Waals surface area contributed by atoms with Crippen LogP contribution in [0.3, 0.4) is 0 Å². The van der Waals surface area contributed by atoms with Gasteiger partial charge in [0, 0.05) is 23.5 Å². The molecule has 0 N–H and O–H groups in total. The Kier molecular flexibility index (Phi) is 8.31. The van der Waals surface area contributed by atoms with Gasteiger partial charge in [0.25, 0.3) is 5.91 Å². The van der Waals surface area contributed by atoms with Crippen molar-refractivity contribution >= 4 is 23.2 Å². The lowest BCUT2D eigenvalue weighted by atomic mass is 10.00. The van der Waals surface area contributed by atoms with Gasteiger partial charge < -0.3 is 19.3 Å². The number of carbonyl (C=O) groups is 2. The number of carbonyl (C=O) groups excluding carboxylic acids is 2. The van der Waals surface area contributed by atoms with Gasteiger partial charge >= 0.3 is 0 Å². The molecule has 4 rings (SSSR count). The number of fused-ring (bicyclic) bond motifs is 1. The van der Waals surface area contributed by atoms with Crippen LogP contribution in [0.15, 0.2) is 60.0 Å². The third kappa shape index (κ3) is 5.73. The molecule has 3 aromatic rings. The Bertz CT molecular complexity index is 1190. The van der Waals surface area contributed by atoms with Crippen LogP contribution in [-0.4, -0.2) is 55.0 Å². The average molecular weight is 507 g/mol. The van der Waals surface area contributed by atoms with Gasteiger partial charge in [0.2, 0.25) is 5.91 Å². The molecule has 2 heterocycles. The van der Waals surface area contributed by atoms with E-state index < -0.39 is 0 Å². The van der Waals surface area contributed by atoms with Crippen LogP contribution in [0.4, 0.5) is 0 Å². The Morgan fingerprint density at radius 2 is 1.89 bits per heavy atom. The highest BCUT2D eigenvalue weighted by atomic mass is 32.1. The Balaban J connectivity index is 1.49. The van der Waals surface area contributed by atoms with Gasteiger partial charge in [0.1, 0.15) is 24.7 Å². The molecule has 0 unspecified atom stereocenters. The second-order valence-corrected chi connectivity index (χ2v) is 10.2. The van der Waals surface area contributed by atoms with E-state index >= 15 is 0 Å². The maximum absolute atomic E-state index is 13.6. The van der Waals surface area contributed by atoms with Crippen molar-refractivity contribution in [3.05, 3.63) is 81.5 Å². The highest BCUT2D eigenvalue weighted by molar-refractivity contribution is 7.10. The third-order valence-electron chi connectivity index (χ3n) is 6.68. The lowest BCUT2D eigenvalue weighted by Gasteiger charge is -2.37. The fourth-order valence-electron chi connectivity index (χ4n) is 4.52. The van der Waals surface area contributed by atoms with Gasteiger partial charge in [-0.1, -0.05) is 32.0 Å². The topological polar surface area (TPSA) is 59.1 Å². The number of hydrogen-bond acceptors (Lipinski definition) is 5. The van der Waals surface area contributed by atoms with Gasteiger partial charge in [-0.05, 0) is 72.2 Å². The fraction of sp³-hybridized carbons (Fsp3) is 0.379. The van der Waals surface area contributed by atoms with E-state index in [0.717, 1.165) is 17.7 Å². The van der Waals surface area contributed by atoms with Crippen LogP contribution in [-0.2, 0) is 11.2 Å². The van der Waals surface area contributed by atoms with Crippen molar-refractivity contribution in [2.45, 2.75) is 39.2 Å². The predicted octanol–water partition coefficient (Wildman–Crippen LogP) is 5.55. The Morgan fingerprint density at radius 3 is 2.58 bits per heavy atom. The molecule has 0 bridgehead atoms. The second-order valence-electron chi connectivity index (χ2n) is 9.24. The molecular weight excluding hydrogens is 472 g/mol. The first kappa shape index (κ1) is 25.8. The van der Waals surface area contributed by atoms with Crippen LogP contribution in [0, 0.1) is 0 Å². The third-order valence-corrected chi connectivity index (χ3v) is 7.68. The number of thiophene rings is 1.